The van der Waals surface area contributed by atoms with Crippen molar-refractivity contribution in [2.24, 2.45) is 0 Å². The molecule has 0 N–H and O–H groups in total. The molecule has 1 atom stereocenters. The van der Waals surface area contributed by atoms with Crippen molar-refractivity contribution in [1.29, 1.82) is 0 Å². The van der Waals surface area contributed by atoms with E-state index >= 15 is 0 Å². The van der Waals surface area contributed by atoms with Gasteiger partial charge in [0.25, 0.3) is 0 Å². The molecular formula is C30H30OSn. The summed E-state index contributed by atoms with van der Waals surface area (Å²) in [5, 5.41) is 0. The summed E-state index contributed by atoms with van der Waals surface area (Å²) in [6.07, 6.45) is 4.68. The first kappa shape index (κ1) is 22.6. The molecule has 0 fully saturated rings. The summed E-state index contributed by atoms with van der Waals surface area (Å²) in [4.78, 5) is 0. The molecule has 4 aromatic carbocycles. The van der Waals surface area contributed by atoms with Crippen LogP contribution in [0.4, 0.5) is 0 Å². The van der Waals surface area contributed by atoms with E-state index in [2.05, 4.69) is 134 Å². The van der Waals surface area contributed by atoms with E-state index in [9.17, 15) is 0 Å². The maximum atomic E-state index is 6.10. The van der Waals surface area contributed by atoms with Gasteiger partial charge in [0.05, 0.1) is 0 Å². The Morgan fingerprint density at radius 3 is 1.47 bits per heavy atom. The number of hydrogen-bond acceptors (Lipinski definition) is 1. The van der Waals surface area contributed by atoms with E-state index in [1.807, 2.05) is 6.07 Å². The molecule has 0 heterocycles. The first-order chi connectivity index (χ1) is 15.8. The number of rotatable bonds is 9. The first-order valence-corrected chi connectivity index (χ1v) is 17.6. The fourth-order valence-electron chi connectivity index (χ4n) is 4.32. The van der Waals surface area contributed by atoms with Crippen molar-refractivity contribution in [3.63, 3.8) is 0 Å². The van der Waals surface area contributed by atoms with E-state index in [1.54, 1.807) is 0 Å². The van der Waals surface area contributed by atoms with Crippen LogP contribution in [0.25, 0.3) is 0 Å². The van der Waals surface area contributed by atoms with Crippen LogP contribution in [0.3, 0.4) is 0 Å². The summed E-state index contributed by atoms with van der Waals surface area (Å²) in [6, 6.07) is 43.8. The molecule has 0 aromatic heterocycles. The summed E-state index contributed by atoms with van der Waals surface area (Å²) in [6.45, 7) is 2.76. The topological polar surface area (TPSA) is 9.23 Å². The molecule has 0 spiro atoms. The van der Waals surface area contributed by atoms with Crippen LogP contribution < -0.4 is 10.7 Å². The van der Waals surface area contributed by atoms with Gasteiger partial charge >= 0.3 is 197 Å². The number of ether oxygens (including phenoxy) is 1. The molecule has 0 aliphatic carbocycles. The Labute approximate surface area is 196 Å². The van der Waals surface area contributed by atoms with E-state index in [-0.39, 0.29) is 6.10 Å². The Kier molecular flexibility index (Phi) is 7.97. The molecule has 0 aliphatic heterocycles. The molecule has 0 radical (unpaired) electrons. The molecule has 4 rings (SSSR count). The van der Waals surface area contributed by atoms with Crippen molar-refractivity contribution in [3.05, 3.63) is 139 Å². The predicted molar refractivity (Wildman–Crippen MR) is 139 cm³/mol. The minimum absolute atomic E-state index is 0.0708. The van der Waals surface area contributed by atoms with E-state index in [0.717, 1.165) is 4.44 Å². The van der Waals surface area contributed by atoms with E-state index in [4.69, 9.17) is 4.74 Å². The van der Waals surface area contributed by atoms with Crippen molar-refractivity contribution in [1.82, 2.24) is 0 Å². The summed E-state index contributed by atoms with van der Waals surface area (Å²) >= 11 is -3.22. The SMILES string of the molecule is CC(/C=C/[CH2][Sn]([c]1ccccc1)([c]1ccccc1)[c]1ccccc1)OCc1ccccc1. The molecular weight excluding hydrogens is 495 g/mol. The van der Waals surface area contributed by atoms with Gasteiger partial charge in [-0.2, -0.15) is 0 Å². The second kappa shape index (κ2) is 11.3. The van der Waals surface area contributed by atoms with Crippen LogP contribution in [-0.4, -0.2) is 24.5 Å². The zero-order valence-corrected chi connectivity index (χ0v) is 21.5. The van der Waals surface area contributed by atoms with Crippen molar-refractivity contribution < 1.29 is 4.74 Å². The molecule has 0 amide bonds. The van der Waals surface area contributed by atoms with Crippen LogP contribution in [0, 0.1) is 0 Å². The molecule has 0 saturated heterocycles. The second-order valence-corrected chi connectivity index (χ2v) is 19.4. The minimum atomic E-state index is -3.22. The summed E-state index contributed by atoms with van der Waals surface area (Å²) < 4.78 is 11.7. The average molecular weight is 525 g/mol. The number of allylic oxidation sites excluding steroid dienone is 1. The van der Waals surface area contributed by atoms with Gasteiger partial charge in [-0.25, -0.2) is 0 Å². The van der Waals surface area contributed by atoms with E-state index in [1.165, 1.54) is 16.3 Å². The van der Waals surface area contributed by atoms with Gasteiger partial charge in [0.1, 0.15) is 0 Å². The van der Waals surface area contributed by atoms with Crippen molar-refractivity contribution in [3.8, 4) is 0 Å². The summed E-state index contributed by atoms with van der Waals surface area (Å²) in [5.74, 6) is 0. The van der Waals surface area contributed by atoms with Crippen molar-refractivity contribution >= 4 is 29.1 Å². The quantitative estimate of drug-likeness (QED) is 0.213. The van der Waals surface area contributed by atoms with Gasteiger partial charge in [0, 0.05) is 0 Å². The van der Waals surface area contributed by atoms with E-state index in [0.29, 0.717) is 6.61 Å². The Balaban J connectivity index is 1.64. The molecule has 32 heavy (non-hydrogen) atoms. The van der Waals surface area contributed by atoms with Gasteiger partial charge in [0.15, 0.2) is 0 Å². The Morgan fingerprint density at radius 1 is 0.625 bits per heavy atom. The molecule has 0 saturated carbocycles. The van der Waals surface area contributed by atoms with Crippen molar-refractivity contribution in [2.45, 2.75) is 24.1 Å². The number of benzene rings is 4. The molecule has 4 aromatic rings. The van der Waals surface area contributed by atoms with Gasteiger partial charge in [-0.3, -0.25) is 0 Å². The Hall–Kier alpha value is -2.62. The van der Waals surface area contributed by atoms with Crippen LogP contribution in [0.15, 0.2) is 133 Å². The van der Waals surface area contributed by atoms with Gasteiger partial charge < -0.3 is 0 Å². The molecule has 1 nitrogen and oxygen atoms in total. The van der Waals surface area contributed by atoms with Gasteiger partial charge in [-0.15, -0.1) is 0 Å². The average Bonchev–Trinajstić information content (AvgIpc) is 2.88. The summed E-state index contributed by atoms with van der Waals surface area (Å²) in [7, 11) is 0. The second-order valence-electron chi connectivity index (χ2n) is 8.14. The molecule has 160 valence electrons. The fraction of sp³-hybridized carbons (Fsp3) is 0.133. The van der Waals surface area contributed by atoms with Crippen LogP contribution in [0.2, 0.25) is 4.44 Å². The van der Waals surface area contributed by atoms with Crippen LogP contribution in [0.1, 0.15) is 12.5 Å². The van der Waals surface area contributed by atoms with Gasteiger partial charge in [-0.05, 0) is 0 Å². The standard InChI is InChI=1S/C12H15O.3C6H5.Sn/c1-3-7-11(2)13-10-12-8-5-4-6-9-12;3*1-2-4-6-5-3-1;/h3-9,11H,1,10H2,2H3;3*1-5H;/b7-3+;;;;. The first-order valence-electron chi connectivity index (χ1n) is 11.3. The zero-order valence-electron chi connectivity index (χ0n) is 18.6. The van der Waals surface area contributed by atoms with Gasteiger partial charge in [0.2, 0.25) is 0 Å². The zero-order chi connectivity index (χ0) is 22.1. The monoisotopic (exact) mass is 526 g/mol. The summed E-state index contributed by atoms with van der Waals surface area (Å²) in [5.41, 5.74) is 1.21. The maximum absolute atomic E-state index is 6.10. The normalized spacial score (nSPS) is 12.7. The molecule has 0 bridgehead atoms. The molecule has 1 unspecified atom stereocenters. The third-order valence-electron chi connectivity index (χ3n) is 5.99. The third-order valence-corrected chi connectivity index (χ3v) is 19.7. The predicted octanol–water partition coefficient (Wildman–Crippen LogP) is 5.32. The molecule has 2 heteroatoms. The third kappa shape index (κ3) is 5.40. The fourth-order valence-corrected chi connectivity index (χ4v) is 17.1. The molecule has 0 aliphatic rings. The van der Waals surface area contributed by atoms with Crippen LogP contribution in [-0.2, 0) is 11.3 Å². The van der Waals surface area contributed by atoms with Crippen molar-refractivity contribution in [2.75, 3.05) is 0 Å². The van der Waals surface area contributed by atoms with Gasteiger partial charge in [-0.1, -0.05) is 0 Å². The Morgan fingerprint density at radius 2 is 1.03 bits per heavy atom. The van der Waals surface area contributed by atoms with Crippen LogP contribution >= 0.6 is 0 Å². The van der Waals surface area contributed by atoms with E-state index < -0.39 is 18.4 Å². The Bertz CT molecular complexity index is 996. The number of hydrogen-bond donors (Lipinski definition) is 0. The van der Waals surface area contributed by atoms with Crippen LogP contribution in [0.5, 0.6) is 0 Å².